The maximum absolute atomic E-state index is 12.6. The summed E-state index contributed by atoms with van der Waals surface area (Å²) in [4.78, 5) is 17.1. The molecule has 1 aromatic heterocycles. The van der Waals surface area contributed by atoms with Crippen LogP contribution in [0.2, 0.25) is 0 Å². The zero-order chi connectivity index (χ0) is 19.9. The number of benzene rings is 2. The van der Waals surface area contributed by atoms with E-state index in [-0.39, 0.29) is 12.2 Å². The summed E-state index contributed by atoms with van der Waals surface area (Å²) >= 11 is 0. The lowest BCUT2D eigenvalue weighted by Crippen LogP contribution is -2.23. The van der Waals surface area contributed by atoms with E-state index in [0.29, 0.717) is 34.9 Å². The SMILES string of the molecule is CCn1c(N/N=C\c2ccc(OCC#N)c(OC)c2)nc2ccccc2c1=O. The van der Waals surface area contributed by atoms with Gasteiger partial charge in [0.2, 0.25) is 5.95 Å². The van der Waals surface area contributed by atoms with Crippen molar-refractivity contribution in [3.05, 3.63) is 58.4 Å². The number of hydrazone groups is 1. The van der Waals surface area contributed by atoms with Crippen LogP contribution in [-0.2, 0) is 6.54 Å². The standard InChI is InChI=1S/C20H19N5O3/c1-3-25-19(26)15-6-4-5-7-16(15)23-20(25)24-22-13-14-8-9-17(28-11-10-21)18(12-14)27-2/h4-9,12-13H,3,11H2,1-2H3,(H,23,24)/b22-13-. The van der Waals surface area contributed by atoms with Crippen LogP contribution in [0.5, 0.6) is 11.5 Å². The molecule has 0 spiro atoms. The zero-order valence-corrected chi connectivity index (χ0v) is 15.5. The van der Waals surface area contributed by atoms with E-state index < -0.39 is 0 Å². The van der Waals surface area contributed by atoms with Gasteiger partial charge in [0.25, 0.3) is 5.56 Å². The average Bonchev–Trinajstić information content (AvgIpc) is 2.73. The topological polar surface area (TPSA) is 102 Å². The lowest BCUT2D eigenvalue weighted by atomic mass is 10.2. The van der Waals surface area contributed by atoms with E-state index in [4.69, 9.17) is 14.7 Å². The van der Waals surface area contributed by atoms with Crippen LogP contribution in [0.1, 0.15) is 12.5 Å². The molecular formula is C20H19N5O3. The number of ether oxygens (including phenoxy) is 2. The largest absolute Gasteiger partial charge is 0.493 e. The van der Waals surface area contributed by atoms with E-state index in [1.54, 1.807) is 36.5 Å². The first kappa shape index (κ1) is 18.9. The Hall–Kier alpha value is -3.86. The van der Waals surface area contributed by atoms with Crippen molar-refractivity contribution in [2.75, 3.05) is 19.1 Å². The van der Waals surface area contributed by atoms with Crippen molar-refractivity contribution in [1.29, 1.82) is 5.26 Å². The third-order valence-electron chi connectivity index (χ3n) is 4.04. The van der Waals surface area contributed by atoms with Gasteiger partial charge in [0, 0.05) is 6.54 Å². The molecule has 8 heteroatoms. The Kier molecular flexibility index (Phi) is 5.87. The van der Waals surface area contributed by atoms with Crippen LogP contribution >= 0.6 is 0 Å². The van der Waals surface area contributed by atoms with E-state index in [9.17, 15) is 4.79 Å². The molecule has 142 valence electrons. The third-order valence-corrected chi connectivity index (χ3v) is 4.04. The molecule has 0 atom stereocenters. The highest BCUT2D eigenvalue weighted by atomic mass is 16.5. The van der Waals surface area contributed by atoms with Crippen LogP contribution in [0.25, 0.3) is 10.9 Å². The molecule has 0 saturated carbocycles. The summed E-state index contributed by atoms with van der Waals surface area (Å²) in [6, 6.07) is 14.3. The minimum Gasteiger partial charge on any atom is -0.493 e. The molecule has 0 unspecified atom stereocenters. The molecule has 1 N–H and O–H groups in total. The van der Waals surface area contributed by atoms with Crippen LogP contribution < -0.4 is 20.5 Å². The van der Waals surface area contributed by atoms with Crippen molar-refractivity contribution in [2.45, 2.75) is 13.5 Å². The number of rotatable bonds is 7. The Labute approximate surface area is 161 Å². The summed E-state index contributed by atoms with van der Waals surface area (Å²) in [7, 11) is 1.52. The number of para-hydroxylation sites is 1. The molecule has 3 aromatic rings. The molecule has 0 amide bonds. The third kappa shape index (κ3) is 3.94. The second kappa shape index (κ2) is 8.68. The normalized spacial score (nSPS) is 10.8. The van der Waals surface area contributed by atoms with E-state index >= 15 is 0 Å². The molecule has 0 bridgehead atoms. The molecule has 8 nitrogen and oxygen atoms in total. The number of fused-ring (bicyclic) bond motifs is 1. The van der Waals surface area contributed by atoms with Gasteiger partial charge in [-0.25, -0.2) is 10.4 Å². The van der Waals surface area contributed by atoms with Crippen LogP contribution in [0.4, 0.5) is 5.95 Å². The molecule has 0 aliphatic rings. The van der Waals surface area contributed by atoms with Crippen molar-refractivity contribution in [2.24, 2.45) is 5.10 Å². The number of hydrogen-bond donors (Lipinski definition) is 1. The Morgan fingerprint density at radius 1 is 1.29 bits per heavy atom. The predicted octanol–water partition coefficient (Wildman–Crippen LogP) is 2.77. The first-order chi connectivity index (χ1) is 13.7. The molecule has 28 heavy (non-hydrogen) atoms. The second-order valence-electron chi connectivity index (χ2n) is 5.73. The molecular weight excluding hydrogens is 358 g/mol. The molecule has 0 fully saturated rings. The zero-order valence-electron chi connectivity index (χ0n) is 15.5. The van der Waals surface area contributed by atoms with Crippen LogP contribution in [0, 0.1) is 11.3 Å². The number of nitrogens with zero attached hydrogens (tertiary/aromatic N) is 4. The highest BCUT2D eigenvalue weighted by Gasteiger charge is 2.09. The Bertz CT molecular complexity index is 1120. The lowest BCUT2D eigenvalue weighted by Gasteiger charge is -2.10. The number of aromatic nitrogens is 2. The van der Waals surface area contributed by atoms with Gasteiger partial charge in [-0.3, -0.25) is 9.36 Å². The van der Waals surface area contributed by atoms with E-state index in [0.717, 1.165) is 5.56 Å². The lowest BCUT2D eigenvalue weighted by molar-refractivity contribution is 0.329. The van der Waals surface area contributed by atoms with E-state index in [2.05, 4.69) is 15.5 Å². The van der Waals surface area contributed by atoms with Gasteiger partial charge in [0.05, 0.1) is 24.2 Å². The predicted molar refractivity (Wildman–Crippen MR) is 107 cm³/mol. The molecule has 2 aromatic carbocycles. The number of hydrogen-bond acceptors (Lipinski definition) is 7. The van der Waals surface area contributed by atoms with Gasteiger partial charge >= 0.3 is 0 Å². The first-order valence-electron chi connectivity index (χ1n) is 8.64. The van der Waals surface area contributed by atoms with Gasteiger partial charge in [-0.05, 0) is 42.8 Å². The van der Waals surface area contributed by atoms with Crippen LogP contribution in [0.3, 0.4) is 0 Å². The number of methoxy groups -OCH3 is 1. The summed E-state index contributed by atoms with van der Waals surface area (Å²) in [5.41, 5.74) is 4.08. The van der Waals surface area contributed by atoms with Crippen LogP contribution in [0.15, 0.2) is 52.4 Å². The summed E-state index contributed by atoms with van der Waals surface area (Å²) in [6.07, 6.45) is 1.58. The van der Waals surface area contributed by atoms with Crippen molar-refractivity contribution in [3.63, 3.8) is 0 Å². The van der Waals surface area contributed by atoms with Gasteiger partial charge in [0.15, 0.2) is 18.1 Å². The van der Waals surface area contributed by atoms with Crippen molar-refractivity contribution >= 4 is 23.1 Å². The highest BCUT2D eigenvalue weighted by molar-refractivity contribution is 5.82. The quantitative estimate of drug-likeness (QED) is 0.502. The maximum atomic E-state index is 12.6. The van der Waals surface area contributed by atoms with Gasteiger partial charge in [-0.1, -0.05) is 12.1 Å². The summed E-state index contributed by atoms with van der Waals surface area (Å²) in [5.74, 6) is 1.34. The molecule has 0 saturated heterocycles. The fourth-order valence-corrected chi connectivity index (χ4v) is 2.71. The van der Waals surface area contributed by atoms with E-state index in [1.807, 2.05) is 25.1 Å². The van der Waals surface area contributed by atoms with Crippen molar-refractivity contribution in [3.8, 4) is 17.6 Å². The molecule has 0 aliphatic carbocycles. The Morgan fingerprint density at radius 2 is 2.11 bits per heavy atom. The second-order valence-corrected chi connectivity index (χ2v) is 5.73. The first-order valence-corrected chi connectivity index (χ1v) is 8.64. The molecule has 0 radical (unpaired) electrons. The Morgan fingerprint density at radius 3 is 2.86 bits per heavy atom. The minimum absolute atomic E-state index is 0.0620. The van der Waals surface area contributed by atoms with Crippen molar-refractivity contribution in [1.82, 2.24) is 9.55 Å². The summed E-state index contributed by atoms with van der Waals surface area (Å²) < 4.78 is 12.1. The fourth-order valence-electron chi connectivity index (χ4n) is 2.71. The number of nitriles is 1. The van der Waals surface area contributed by atoms with Gasteiger partial charge < -0.3 is 9.47 Å². The van der Waals surface area contributed by atoms with Gasteiger partial charge in [-0.2, -0.15) is 10.4 Å². The summed E-state index contributed by atoms with van der Waals surface area (Å²) in [6.45, 7) is 2.28. The van der Waals surface area contributed by atoms with Gasteiger partial charge in [0.1, 0.15) is 6.07 Å². The Balaban J connectivity index is 1.85. The molecule has 0 aliphatic heterocycles. The van der Waals surface area contributed by atoms with Crippen LogP contribution in [-0.4, -0.2) is 29.5 Å². The molecule has 3 rings (SSSR count). The fraction of sp³-hybridized carbons (Fsp3) is 0.200. The number of anilines is 1. The van der Waals surface area contributed by atoms with E-state index in [1.165, 1.54) is 11.7 Å². The molecule has 1 heterocycles. The highest BCUT2D eigenvalue weighted by Crippen LogP contribution is 2.27. The minimum atomic E-state index is -0.119. The summed E-state index contributed by atoms with van der Waals surface area (Å²) in [5, 5.41) is 13.4. The number of nitrogens with one attached hydrogen (secondary N) is 1. The van der Waals surface area contributed by atoms with Gasteiger partial charge in [-0.15, -0.1) is 0 Å². The maximum Gasteiger partial charge on any atom is 0.262 e. The monoisotopic (exact) mass is 377 g/mol. The van der Waals surface area contributed by atoms with Crippen molar-refractivity contribution < 1.29 is 9.47 Å². The average molecular weight is 377 g/mol. The smallest absolute Gasteiger partial charge is 0.262 e.